The number of aromatic nitrogens is 2. The number of ether oxygens (including phenoxy) is 1. The van der Waals surface area contributed by atoms with E-state index in [4.69, 9.17) is 9.84 Å². The first-order valence-corrected chi connectivity index (χ1v) is 6.53. The lowest BCUT2D eigenvalue weighted by Crippen LogP contribution is -2.52. The van der Waals surface area contributed by atoms with Crippen LogP contribution >= 0.6 is 0 Å². The van der Waals surface area contributed by atoms with E-state index in [1.54, 1.807) is 0 Å². The summed E-state index contributed by atoms with van der Waals surface area (Å²) in [6, 6.07) is 5.69. The number of carboxylic acids is 1. The van der Waals surface area contributed by atoms with E-state index in [0.29, 0.717) is 10.4 Å². The molecule has 0 saturated heterocycles. The largest absolute Gasteiger partial charge is 0.497 e. The van der Waals surface area contributed by atoms with Crippen LogP contribution in [0.15, 0.2) is 29.1 Å². The summed E-state index contributed by atoms with van der Waals surface area (Å²) in [7, 11) is 1.41. The van der Waals surface area contributed by atoms with Crippen molar-refractivity contribution in [1.29, 1.82) is 0 Å². The second kappa shape index (κ2) is 5.71. The number of hydrogen-bond acceptors (Lipinski definition) is 4. The second-order valence-electron chi connectivity index (χ2n) is 4.96. The number of aliphatic carboxylic acids is 1. The Balaban J connectivity index is 2.69. The molecule has 7 nitrogen and oxygen atoms in total. The Kier molecular flexibility index (Phi) is 4.19. The van der Waals surface area contributed by atoms with E-state index in [1.165, 1.54) is 31.4 Å². The molecule has 0 aliphatic rings. The fraction of sp³-hybridized carbons (Fsp3) is 0.286. The Hall–Kier alpha value is -2.75. The maximum atomic E-state index is 13.1. The van der Waals surface area contributed by atoms with E-state index in [0.717, 1.165) is 6.92 Å². The monoisotopic (exact) mass is 346 g/mol. The number of halogens is 3. The van der Waals surface area contributed by atoms with Gasteiger partial charge in [0.25, 0.3) is 11.2 Å². The zero-order valence-corrected chi connectivity index (χ0v) is 12.5. The van der Waals surface area contributed by atoms with Crippen LogP contribution in [0.1, 0.15) is 11.3 Å². The molecule has 0 aliphatic carbocycles. The van der Waals surface area contributed by atoms with Gasteiger partial charge in [-0.25, -0.2) is 9.48 Å². The van der Waals surface area contributed by atoms with Crippen LogP contribution in [-0.2, 0) is 10.4 Å². The smallest absolute Gasteiger partial charge is 0.432 e. The summed E-state index contributed by atoms with van der Waals surface area (Å²) in [4.78, 5) is 23.4. The molecule has 0 saturated carbocycles. The first-order chi connectivity index (χ1) is 11.0. The van der Waals surface area contributed by atoms with Crippen LogP contribution in [0, 0.1) is 6.92 Å². The van der Waals surface area contributed by atoms with Gasteiger partial charge < -0.3 is 14.9 Å². The molecule has 0 bridgehead atoms. The lowest BCUT2D eigenvalue weighted by Gasteiger charge is -2.24. The van der Waals surface area contributed by atoms with Crippen LogP contribution in [0.3, 0.4) is 0 Å². The average Bonchev–Trinajstić information content (AvgIpc) is 2.80. The summed E-state index contributed by atoms with van der Waals surface area (Å²) < 4.78 is 44.9. The number of benzene rings is 1. The lowest BCUT2D eigenvalue weighted by molar-refractivity contribution is -0.265. The second-order valence-corrected chi connectivity index (χ2v) is 4.96. The number of aromatic amines is 1. The van der Waals surface area contributed by atoms with Crippen molar-refractivity contribution in [3.05, 3.63) is 45.9 Å². The minimum Gasteiger partial charge on any atom is -0.497 e. The zero-order valence-electron chi connectivity index (χ0n) is 12.5. The van der Waals surface area contributed by atoms with Crippen LogP contribution in [0.5, 0.6) is 5.75 Å². The van der Waals surface area contributed by atoms with Gasteiger partial charge in [0.2, 0.25) is 0 Å². The molecule has 1 aromatic heterocycles. The molecular weight excluding hydrogens is 333 g/mol. The molecule has 1 unspecified atom stereocenters. The molecule has 0 aliphatic heterocycles. The summed E-state index contributed by atoms with van der Waals surface area (Å²) in [5, 5.41) is 20.9. The quantitative estimate of drug-likeness (QED) is 0.774. The molecule has 2 rings (SSSR count). The molecule has 0 amide bonds. The minimum atomic E-state index is -5.58. The van der Waals surface area contributed by atoms with Crippen molar-refractivity contribution in [2.24, 2.45) is 0 Å². The Morgan fingerprint density at radius 1 is 1.25 bits per heavy atom. The van der Waals surface area contributed by atoms with Gasteiger partial charge in [-0.1, -0.05) is 0 Å². The number of carbonyl (C=O) groups is 1. The van der Waals surface area contributed by atoms with Crippen LogP contribution in [0.4, 0.5) is 13.2 Å². The molecule has 3 N–H and O–H groups in total. The van der Waals surface area contributed by atoms with Crippen LogP contribution < -0.4 is 10.3 Å². The zero-order chi connectivity index (χ0) is 18.3. The van der Waals surface area contributed by atoms with E-state index in [1.807, 2.05) is 0 Å². The van der Waals surface area contributed by atoms with Crippen molar-refractivity contribution in [2.75, 3.05) is 7.11 Å². The highest BCUT2D eigenvalue weighted by molar-refractivity contribution is 5.80. The molecule has 1 atom stereocenters. The van der Waals surface area contributed by atoms with Crippen molar-refractivity contribution < 1.29 is 32.9 Å². The van der Waals surface area contributed by atoms with Crippen LogP contribution in [0.2, 0.25) is 0 Å². The van der Waals surface area contributed by atoms with Crippen molar-refractivity contribution >= 4 is 5.97 Å². The number of aliphatic hydroxyl groups is 1. The van der Waals surface area contributed by atoms with Crippen LogP contribution in [0.25, 0.3) is 5.69 Å². The van der Waals surface area contributed by atoms with Crippen LogP contribution in [-0.4, -0.2) is 39.2 Å². The molecule has 130 valence electrons. The van der Waals surface area contributed by atoms with E-state index in [2.05, 4.69) is 5.10 Å². The third kappa shape index (κ3) is 2.54. The minimum absolute atomic E-state index is 0.144. The molecule has 2 aromatic rings. The van der Waals surface area contributed by atoms with E-state index in [9.17, 15) is 27.9 Å². The Labute approximate surface area is 132 Å². The highest BCUT2D eigenvalue weighted by Gasteiger charge is 2.64. The van der Waals surface area contributed by atoms with Gasteiger partial charge in [0.15, 0.2) is 0 Å². The molecule has 0 radical (unpaired) electrons. The highest BCUT2D eigenvalue weighted by atomic mass is 19.4. The van der Waals surface area contributed by atoms with Gasteiger partial charge in [0.1, 0.15) is 5.75 Å². The van der Waals surface area contributed by atoms with Gasteiger partial charge in [0, 0.05) is 5.69 Å². The third-order valence-electron chi connectivity index (χ3n) is 3.48. The molecule has 10 heteroatoms. The average molecular weight is 346 g/mol. The summed E-state index contributed by atoms with van der Waals surface area (Å²) >= 11 is 0. The fourth-order valence-corrected chi connectivity index (χ4v) is 2.26. The van der Waals surface area contributed by atoms with Gasteiger partial charge in [0.05, 0.1) is 18.4 Å². The van der Waals surface area contributed by atoms with Crippen molar-refractivity contribution in [1.82, 2.24) is 9.78 Å². The number of aryl methyl sites for hydroxylation is 1. The number of methoxy groups -OCH3 is 1. The number of rotatable bonds is 4. The van der Waals surface area contributed by atoms with E-state index in [-0.39, 0.29) is 5.69 Å². The molecule has 0 spiro atoms. The lowest BCUT2D eigenvalue weighted by atomic mass is 9.93. The van der Waals surface area contributed by atoms with Crippen molar-refractivity contribution in [2.45, 2.75) is 18.7 Å². The SMILES string of the molecule is COc1ccc(-n2[nH]c(C)c(C(O)(C(=O)O)C(F)(F)F)c2=O)cc1. The maximum Gasteiger partial charge on any atom is 0.432 e. The van der Waals surface area contributed by atoms with Gasteiger partial charge in [-0.15, -0.1) is 0 Å². The summed E-state index contributed by atoms with van der Waals surface area (Å²) in [6.07, 6.45) is -5.58. The molecule has 1 aromatic carbocycles. The number of H-pyrrole nitrogens is 1. The molecular formula is C14H13F3N2O5. The topological polar surface area (TPSA) is 105 Å². The van der Waals surface area contributed by atoms with Crippen molar-refractivity contribution in [3.8, 4) is 11.4 Å². The molecule has 0 fully saturated rings. The standard InChI is InChI=1S/C14H13F3N2O5/c1-7-10(13(23,12(21)22)14(15,16)17)11(20)19(18-7)8-3-5-9(24-2)6-4-8/h3-6,18,23H,1-2H3,(H,21,22). The predicted octanol–water partition coefficient (Wildman–Crippen LogP) is 1.32. The Morgan fingerprint density at radius 3 is 2.21 bits per heavy atom. The summed E-state index contributed by atoms with van der Waals surface area (Å²) in [5.41, 5.74) is -7.20. The number of nitrogens with zero attached hydrogens (tertiary/aromatic N) is 1. The number of nitrogens with one attached hydrogen (secondary N) is 1. The number of alkyl halides is 3. The third-order valence-corrected chi connectivity index (χ3v) is 3.48. The first-order valence-electron chi connectivity index (χ1n) is 6.53. The normalized spacial score (nSPS) is 14.2. The van der Waals surface area contributed by atoms with E-state index >= 15 is 0 Å². The Morgan fingerprint density at radius 2 is 1.79 bits per heavy atom. The van der Waals surface area contributed by atoms with Gasteiger partial charge in [-0.05, 0) is 31.2 Å². The van der Waals surface area contributed by atoms with Gasteiger partial charge in [-0.2, -0.15) is 13.2 Å². The predicted molar refractivity (Wildman–Crippen MR) is 75.3 cm³/mol. The number of carboxylic acid groups (broad SMARTS) is 1. The maximum absolute atomic E-state index is 13.1. The van der Waals surface area contributed by atoms with E-state index < -0.39 is 34.6 Å². The summed E-state index contributed by atoms with van der Waals surface area (Å²) in [5.74, 6) is -2.14. The summed E-state index contributed by atoms with van der Waals surface area (Å²) in [6.45, 7) is 1.07. The first kappa shape index (κ1) is 17.6. The number of hydrogen-bond donors (Lipinski definition) is 3. The molecule has 24 heavy (non-hydrogen) atoms. The van der Waals surface area contributed by atoms with Crippen molar-refractivity contribution in [3.63, 3.8) is 0 Å². The fourth-order valence-electron chi connectivity index (χ4n) is 2.26. The van der Waals surface area contributed by atoms with Gasteiger partial charge >= 0.3 is 12.1 Å². The Bertz CT molecular complexity index is 822. The molecule has 1 heterocycles. The highest BCUT2D eigenvalue weighted by Crippen LogP contribution is 2.39. The van der Waals surface area contributed by atoms with Gasteiger partial charge in [-0.3, -0.25) is 9.89 Å².